The van der Waals surface area contributed by atoms with E-state index in [9.17, 15) is 9.18 Å². The van der Waals surface area contributed by atoms with E-state index in [1.807, 2.05) is 0 Å². The standard InChI is InChI=1S/C10H7BrFNO/c1-6-2-3-7(9(14)4-11)8(5-13)10(6)12/h2-3H,4H2,1H3. The van der Waals surface area contributed by atoms with Gasteiger partial charge < -0.3 is 0 Å². The Bertz CT molecular complexity index is 423. The number of benzene rings is 1. The smallest absolute Gasteiger partial charge is 0.174 e. The molecule has 0 radical (unpaired) electrons. The Labute approximate surface area is 89.5 Å². The van der Waals surface area contributed by atoms with Gasteiger partial charge in [-0.15, -0.1) is 0 Å². The van der Waals surface area contributed by atoms with Crippen molar-refractivity contribution in [1.29, 1.82) is 5.26 Å². The number of ketones is 1. The van der Waals surface area contributed by atoms with Crippen LogP contribution in [0.25, 0.3) is 0 Å². The molecule has 0 aromatic heterocycles. The molecule has 1 rings (SSSR count). The summed E-state index contributed by atoms with van der Waals surface area (Å²) in [7, 11) is 0. The van der Waals surface area contributed by atoms with Crippen LogP contribution in [0.5, 0.6) is 0 Å². The summed E-state index contributed by atoms with van der Waals surface area (Å²) < 4.78 is 13.4. The van der Waals surface area contributed by atoms with Crippen LogP contribution < -0.4 is 0 Å². The maximum Gasteiger partial charge on any atom is 0.174 e. The van der Waals surface area contributed by atoms with Gasteiger partial charge in [-0.05, 0) is 18.6 Å². The van der Waals surface area contributed by atoms with Gasteiger partial charge in [0.15, 0.2) is 5.78 Å². The zero-order valence-corrected chi connectivity index (χ0v) is 9.06. The summed E-state index contributed by atoms with van der Waals surface area (Å²) >= 11 is 2.98. The van der Waals surface area contributed by atoms with Crippen LogP contribution >= 0.6 is 15.9 Å². The molecule has 2 nitrogen and oxygen atoms in total. The fourth-order valence-electron chi connectivity index (χ4n) is 1.09. The van der Waals surface area contributed by atoms with Crippen molar-refractivity contribution >= 4 is 21.7 Å². The second-order valence-electron chi connectivity index (χ2n) is 2.79. The molecule has 0 atom stereocenters. The third-order valence-electron chi connectivity index (χ3n) is 1.87. The molecule has 0 bridgehead atoms. The van der Waals surface area contributed by atoms with Crippen LogP contribution in [-0.2, 0) is 0 Å². The lowest BCUT2D eigenvalue weighted by Gasteiger charge is -2.03. The lowest BCUT2D eigenvalue weighted by Crippen LogP contribution is -2.05. The van der Waals surface area contributed by atoms with Gasteiger partial charge in [0.05, 0.1) is 10.9 Å². The Morgan fingerprint density at radius 1 is 1.64 bits per heavy atom. The fraction of sp³-hybridized carbons (Fsp3) is 0.200. The maximum atomic E-state index is 13.4. The van der Waals surface area contributed by atoms with Crippen molar-refractivity contribution in [3.63, 3.8) is 0 Å². The zero-order chi connectivity index (χ0) is 10.7. The van der Waals surface area contributed by atoms with Gasteiger partial charge in [0.1, 0.15) is 11.9 Å². The van der Waals surface area contributed by atoms with Gasteiger partial charge in [0.2, 0.25) is 0 Å². The Kier molecular flexibility index (Phi) is 3.37. The van der Waals surface area contributed by atoms with Crippen molar-refractivity contribution in [2.75, 3.05) is 5.33 Å². The van der Waals surface area contributed by atoms with Crippen LogP contribution in [0.3, 0.4) is 0 Å². The van der Waals surface area contributed by atoms with Crippen LogP contribution in [0, 0.1) is 24.1 Å². The molecule has 0 aliphatic rings. The van der Waals surface area contributed by atoms with E-state index < -0.39 is 5.82 Å². The number of carbonyl (C=O) groups is 1. The second-order valence-corrected chi connectivity index (χ2v) is 3.35. The van der Waals surface area contributed by atoms with Gasteiger partial charge in [0.25, 0.3) is 0 Å². The minimum atomic E-state index is -0.612. The van der Waals surface area contributed by atoms with E-state index in [0.717, 1.165) is 0 Å². The monoisotopic (exact) mass is 255 g/mol. The van der Waals surface area contributed by atoms with E-state index in [0.29, 0.717) is 5.56 Å². The fourth-order valence-corrected chi connectivity index (χ4v) is 1.40. The van der Waals surface area contributed by atoms with Crippen molar-refractivity contribution in [1.82, 2.24) is 0 Å². The molecule has 1 aromatic carbocycles. The lowest BCUT2D eigenvalue weighted by atomic mass is 10.0. The van der Waals surface area contributed by atoms with Crippen LogP contribution in [0.1, 0.15) is 21.5 Å². The topological polar surface area (TPSA) is 40.9 Å². The largest absolute Gasteiger partial charge is 0.293 e. The lowest BCUT2D eigenvalue weighted by molar-refractivity contribution is 0.102. The number of Topliss-reactive ketones (excluding diaryl/α,β-unsaturated/α-hetero) is 1. The summed E-state index contributed by atoms with van der Waals surface area (Å²) in [5.41, 5.74) is 0.328. The molecule has 1 aromatic rings. The molecule has 0 spiro atoms. The first-order valence-corrected chi connectivity index (χ1v) is 5.02. The molecule has 14 heavy (non-hydrogen) atoms. The third kappa shape index (κ3) is 1.83. The van der Waals surface area contributed by atoms with Crippen LogP contribution in [0.4, 0.5) is 4.39 Å². The minimum Gasteiger partial charge on any atom is -0.293 e. The van der Waals surface area contributed by atoms with Crippen molar-refractivity contribution in [2.45, 2.75) is 6.92 Å². The number of rotatable bonds is 2. The van der Waals surface area contributed by atoms with E-state index in [4.69, 9.17) is 5.26 Å². The maximum absolute atomic E-state index is 13.4. The van der Waals surface area contributed by atoms with Crippen molar-refractivity contribution in [2.24, 2.45) is 0 Å². The number of halogens is 2. The van der Waals surface area contributed by atoms with E-state index in [1.165, 1.54) is 12.1 Å². The van der Waals surface area contributed by atoms with Crippen molar-refractivity contribution in [3.05, 3.63) is 34.6 Å². The minimum absolute atomic E-state index is 0.0875. The van der Waals surface area contributed by atoms with Crippen LogP contribution in [-0.4, -0.2) is 11.1 Å². The van der Waals surface area contributed by atoms with Crippen molar-refractivity contribution < 1.29 is 9.18 Å². The number of hydrogen-bond acceptors (Lipinski definition) is 2. The summed E-state index contributed by atoms with van der Waals surface area (Å²) in [6.07, 6.45) is 0. The summed E-state index contributed by atoms with van der Waals surface area (Å²) in [6, 6.07) is 4.67. The number of aryl methyl sites for hydroxylation is 1. The number of nitrogens with zero attached hydrogens (tertiary/aromatic N) is 1. The average molecular weight is 256 g/mol. The van der Waals surface area contributed by atoms with E-state index in [2.05, 4.69) is 15.9 Å². The Morgan fingerprint density at radius 2 is 2.29 bits per heavy atom. The van der Waals surface area contributed by atoms with Gasteiger partial charge >= 0.3 is 0 Å². The molecule has 72 valence electrons. The second kappa shape index (κ2) is 4.34. The summed E-state index contributed by atoms with van der Waals surface area (Å²) in [6.45, 7) is 1.55. The average Bonchev–Trinajstić information content (AvgIpc) is 2.20. The normalized spacial score (nSPS) is 9.57. The summed E-state index contributed by atoms with van der Waals surface area (Å²) in [4.78, 5) is 11.3. The molecular weight excluding hydrogens is 249 g/mol. The van der Waals surface area contributed by atoms with Gasteiger partial charge in [0, 0.05) is 5.56 Å². The van der Waals surface area contributed by atoms with Crippen molar-refractivity contribution in [3.8, 4) is 6.07 Å². The van der Waals surface area contributed by atoms with Crippen LogP contribution in [0.15, 0.2) is 12.1 Å². The van der Waals surface area contributed by atoms with E-state index >= 15 is 0 Å². The predicted molar refractivity (Wildman–Crippen MR) is 54.0 cm³/mol. The summed E-state index contributed by atoms with van der Waals surface area (Å²) in [5, 5.41) is 8.80. The van der Waals surface area contributed by atoms with Gasteiger partial charge in [-0.3, -0.25) is 4.79 Å². The molecule has 0 unspecified atom stereocenters. The summed E-state index contributed by atoms with van der Waals surface area (Å²) in [5.74, 6) is -0.903. The highest BCUT2D eigenvalue weighted by Gasteiger charge is 2.15. The molecule has 0 saturated heterocycles. The Morgan fingerprint density at radius 3 is 2.79 bits per heavy atom. The SMILES string of the molecule is Cc1ccc(C(=O)CBr)c(C#N)c1F. The molecule has 0 fully saturated rings. The number of alkyl halides is 1. The highest BCUT2D eigenvalue weighted by molar-refractivity contribution is 9.09. The number of hydrogen-bond donors (Lipinski definition) is 0. The highest BCUT2D eigenvalue weighted by atomic mass is 79.9. The molecule has 0 aliphatic carbocycles. The molecule has 0 saturated carbocycles. The predicted octanol–water partition coefficient (Wildman–Crippen LogP) is 2.58. The number of nitriles is 1. The molecule has 4 heteroatoms. The van der Waals surface area contributed by atoms with Gasteiger partial charge in [-0.1, -0.05) is 22.0 Å². The Hall–Kier alpha value is -1.21. The van der Waals surface area contributed by atoms with E-state index in [1.54, 1.807) is 13.0 Å². The van der Waals surface area contributed by atoms with Crippen LogP contribution in [0.2, 0.25) is 0 Å². The highest BCUT2D eigenvalue weighted by Crippen LogP contribution is 2.17. The van der Waals surface area contributed by atoms with Gasteiger partial charge in [-0.2, -0.15) is 5.26 Å². The molecular formula is C10H7BrFNO. The number of carbonyl (C=O) groups excluding carboxylic acids is 1. The van der Waals surface area contributed by atoms with E-state index in [-0.39, 0.29) is 22.2 Å². The van der Waals surface area contributed by atoms with Gasteiger partial charge in [-0.25, -0.2) is 4.39 Å². The molecule has 0 heterocycles. The molecule has 0 amide bonds. The zero-order valence-electron chi connectivity index (χ0n) is 7.47. The quantitative estimate of drug-likeness (QED) is 0.602. The third-order valence-corrected chi connectivity index (χ3v) is 2.38. The molecule has 0 N–H and O–H groups in total. The first-order chi connectivity index (χ1) is 6.61. The first-order valence-electron chi connectivity index (χ1n) is 3.90. The Balaban J connectivity index is 3.40. The molecule has 0 aliphatic heterocycles. The first kappa shape index (κ1) is 10.9.